The molecule has 66 valence electrons. The minimum atomic E-state index is -0.824. The van der Waals surface area contributed by atoms with E-state index in [0.29, 0.717) is 0 Å². The first kappa shape index (κ1) is 10.4. The number of aliphatic hydroxyl groups is 1. The predicted molar refractivity (Wildman–Crippen MR) is 43.0 cm³/mol. The second-order valence-electron chi connectivity index (χ2n) is 3.22. The van der Waals surface area contributed by atoms with Crippen LogP contribution in [0.1, 0.15) is 20.8 Å². The Kier molecular flexibility index (Phi) is 3.48. The fourth-order valence-electron chi connectivity index (χ4n) is 0.503. The van der Waals surface area contributed by atoms with E-state index in [1.54, 1.807) is 20.8 Å². The number of hydrogen-bond donors (Lipinski definition) is 3. The van der Waals surface area contributed by atoms with Gasteiger partial charge in [0, 0.05) is 6.04 Å². The topological polar surface area (TPSA) is 75.3 Å². The lowest BCUT2D eigenvalue weighted by Crippen LogP contribution is -2.47. The first-order valence-electron chi connectivity index (χ1n) is 3.58. The molecule has 0 spiro atoms. The van der Waals surface area contributed by atoms with Crippen molar-refractivity contribution in [3.05, 3.63) is 0 Å². The Labute approximate surface area is 66.8 Å². The summed E-state index contributed by atoms with van der Waals surface area (Å²) in [4.78, 5) is 10.3. The van der Waals surface area contributed by atoms with Crippen molar-refractivity contribution in [2.24, 2.45) is 5.73 Å². The summed E-state index contributed by atoms with van der Waals surface area (Å²) in [5.74, 6) is -0.416. The average Bonchev–Trinajstić information content (AvgIpc) is 1.80. The Bertz CT molecular complexity index is 140. The van der Waals surface area contributed by atoms with Crippen LogP contribution in [-0.4, -0.2) is 29.2 Å². The first-order chi connectivity index (χ1) is 4.84. The second-order valence-corrected chi connectivity index (χ2v) is 3.22. The van der Waals surface area contributed by atoms with Crippen LogP contribution in [0.15, 0.2) is 0 Å². The van der Waals surface area contributed by atoms with E-state index in [4.69, 9.17) is 5.73 Å². The molecule has 1 amide bonds. The SMILES string of the molecule is CC(NCC(N)=O)C(C)(C)O. The summed E-state index contributed by atoms with van der Waals surface area (Å²) in [6, 6.07) is -0.144. The van der Waals surface area contributed by atoms with Crippen molar-refractivity contribution in [2.45, 2.75) is 32.4 Å². The largest absolute Gasteiger partial charge is 0.389 e. The van der Waals surface area contributed by atoms with Gasteiger partial charge in [0.1, 0.15) is 0 Å². The molecule has 0 saturated carbocycles. The van der Waals surface area contributed by atoms with Crippen LogP contribution in [-0.2, 0) is 4.79 Å². The van der Waals surface area contributed by atoms with Gasteiger partial charge in [-0.25, -0.2) is 0 Å². The molecule has 11 heavy (non-hydrogen) atoms. The highest BCUT2D eigenvalue weighted by atomic mass is 16.3. The van der Waals surface area contributed by atoms with Gasteiger partial charge in [-0.1, -0.05) is 0 Å². The molecular weight excluding hydrogens is 144 g/mol. The van der Waals surface area contributed by atoms with Crippen LogP contribution in [0, 0.1) is 0 Å². The van der Waals surface area contributed by atoms with Gasteiger partial charge in [0.25, 0.3) is 0 Å². The standard InChI is InChI=1S/C7H16N2O2/c1-5(7(2,3)11)9-4-6(8)10/h5,9,11H,4H2,1-3H3,(H2,8,10). The van der Waals surface area contributed by atoms with Gasteiger partial charge < -0.3 is 16.2 Å². The number of carbonyl (C=O) groups is 1. The lowest BCUT2D eigenvalue weighted by Gasteiger charge is -2.26. The van der Waals surface area contributed by atoms with E-state index in [0.717, 1.165) is 0 Å². The summed E-state index contributed by atoms with van der Waals surface area (Å²) < 4.78 is 0. The smallest absolute Gasteiger partial charge is 0.231 e. The third-order valence-electron chi connectivity index (χ3n) is 1.64. The minimum absolute atomic E-state index is 0.102. The van der Waals surface area contributed by atoms with Crippen molar-refractivity contribution in [1.82, 2.24) is 5.32 Å². The van der Waals surface area contributed by atoms with Gasteiger partial charge in [-0.2, -0.15) is 0 Å². The summed E-state index contributed by atoms with van der Waals surface area (Å²) >= 11 is 0. The molecule has 0 aliphatic rings. The lowest BCUT2D eigenvalue weighted by molar-refractivity contribution is -0.117. The van der Waals surface area contributed by atoms with Gasteiger partial charge in [0.15, 0.2) is 0 Å². The summed E-state index contributed by atoms with van der Waals surface area (Å²) in [6.07, 6.45) is 0. The van der Waals surface area contributed by atoms with E-state index >= 15 is 0 Å². The molecule has 1 unspecified atom stereocenters. The minimum Gasteiger partial charge on any atom is -0.389 e. The number of amides is 1. The molecule has 0 bridgehead atoms. The van der Waals surface area contributed by atoms with Crippen LogP contribution in [0.3, 0.4) is 0 Å². The Morgan fingerprint density at radius 1 is 1.73 bits per heavy atom. The normalized spacial score (nSPS) is 14.5. The molecule has 4 nitrogen and oxygen atoms in total. The molecule has 0 aliphatic carbocycles. The Morgan fingerprint density at radius 2 is 2.18 bits per heavy atom. The zero-order chi connectivity index (χ0) is 9.07. The molecule has 0 radical (unpaired) electrons. The Morgan fingerprint density at radius 3 is 2.45 bits per heavy atom. The summed E-state index contributed by atoms with van der Waals surface area (Å²) in [5.41, 5.74) is 4.08. The molecule has 0 rings (SSSR count). The highest BCUT2D eigenvalue weighted by Crippen LogP contribution is 2.06. The molecule has 0 fully saturated rings. The average molecular weight is 160 g/mol. The highest BCUT2D eigenvalue weighted by molar-refractivity contribution is 5.75. The van der Waals surface area contributed by atoms with Crippen LogP contribution in [0.5, 0.6) is 0 Å². The van der Waals surface area contributed by atoms with Crippen molar-refractivity contribution in [3.63, 3.8) is 0 Å². The number of nitrogens with one attached hydrogen (secondary N) is 1. The van der Waals surface area contributed by atoms with E-state index in [9.17, 15) is 9.90 Å². The van der Waals surface area contributed by atoms with E-state index < -0.39 is 11.5 Å². The predicted octanol–water partition coefficient (Wildman–Crippen LogP) is -0.779. The number of carbonyl (C=O) groups excluding carboxylic acids is 1. The van der Waals surface area contributed by atoms with E-state index in [2.05, 4.69) is 5.32 Å². The monoisotopic (exact) mass is 160 g/mol. The van der Waals surface area contributed by atoms with Gasteiger partial charge in [-0.15, -0.1) is 0 Å². The van der Waals surface area contributed by atoms with Crippen molar-refractivity contribution < 1.29 is 9.90 Å². The van der Waals surface area contributed by atoms with Crippen molar-refractivity contribution in [1.29, 1.82) is 0 Å². The number of rotatable bonds is 4. The lowest BCUT2D eigenvalue weighted by atomic mass is 10.0. The van der Waals surface area contributed by atoms with Gasteiger partial charge in [-0.3, -0.25) is 4.79 Å². The first-order valence-corrected chi connectivity index (χ1v) is 3.58. The van der Waals surface area contributed by atoms with Gasteiger partial charge in [0.05, 0.1) is 12.1 Å². The summed E-state index contributed by atoms with van der Waals surface area (Å²) in [6.45, 7) is 5.24. The molecule has 4 heteroatoms. The van der Waals surface area contributed by atoms with Crippen LogP contribution in [0.25, 0.3) is 0 Å². The maximum Gasteiger partial charge on any atom is 0.231 e. The van der Waals surface area contributed by atoms with Gasteiger partial charge in [-0.05, 0) is 20.8 Å². The van der Waals surface area contributed by atoms with Gasteiger partial charge >= 0.3 is 0 Å². The third-order valence-corrected chi connectivity index (χ3v) is 1.64. The zero-order valence-corrected chi connectivity index (χ0v) is 7.22. The Hall–Kier alpha value is -0.610. The second kappa shape index (κ2) is 3.69. The van der Waals surface area contributed by atoms with Crippen LogP contribution in [0.2, 0.25) is 0 Å². The molecule has 0 aromatic rings. The summed E-state index contributed by atoms with van der Waals surface area (Å²) in [5, 5.41) is 12.2. The molecule has 0 saturated heterocycles. The van der Waals surface area contributed by atoms with Crippen LogP contribution < -0.4 is 11.1 Å². The highest BCUT2D eigenvalue weighted by Gasteiger charge is 2.21. The number of primary amides is 1. The summed E-state index contributed by atoms with van der Waals surface area (Å²) in [7, 11) is 0. The molecule has 0 aromatic heterocycles. The van der Waals surface area contributed by atoms with Crippen LogP contribution >= 0.6 is 0 Å². The number of hydrogen-bond acceptors (Lipinski definition) is 3. The van der Waals surface area contributed by atoms with Crippen LogP contribution in [0.4, 0.5) is 0 Å². The molecule has 0 heterocycles. The van der Waals surface area contributed by atoms with Crippen molar-refractivity contribution >= 4 is 5.91 Å². The maximum atomic E-state index is 10.3. The molecule has 4 N–H and O–H groups in total. The molecule has 1 atom stereocenters. The fourth-order valence-corrected chi connectivity index (χ4v) is 0.503. The van der Waals surface area contributed by atoms with E-state index in [1.807, 2.05) is 0 Å². The quantitative estimate of drug-likeness (QED) is 0.505. The third kappa shape index (κ3) is 4.75. The van der Waals surface area contributed by atoms with Crippen molar-refractivity contribution in [3.8, 4) is 0 Å². The van der Waals surface area contributed by atoms with E-state index in [-0.39, 0.29) is 12.6 Å². The number of nitrogens with two attached hydrogens (primary N) is 1. The van der Waals surface area contributed by atoms with Crippen molar-refractivity contribution in [2.75, 3.05) is 6.54 Å². The van der Waals surface area contributed by atoms with E-state index in [1.165, 1.54) is 0 Å². The molecular formula is C7H16N2O2. The van der Waals surface area contributed by atoms with Gasteiger partial charge in [0.2, 0.25) is 5.91 Å². The maximum absolute atomic E-state index is 10.3. The fraction of sp³-hybridized carbons (Fsp3) is 0.857. The zero-order valence-electron chi connectivity index (χ0n) is 7.22. The Balaban J connectivity index is 3.70. The molecule has 0 aromatic carbocycles. The molecule has 0 aliphatic heterocycles.